The number of nitrogens with zero attached hydrogens (tertiary/aromatic N) is 2. The van der Waals surface area contributed by atoms with Crippen LogP contribution >= 0.6 is 15.9 Å². The van der Waals surface area contributed by atoms with Crippen LogP contribution in [-0.4, -0.2) is 28.5 Å². The molecule has 0 spiro atoms. The van der Waals surface area contributed by atoms with Crippen LogP contribution in [0.15, 0.2) is 28.7 Å². The number of fused-ring (bicyclic) bond motifs is 1. The van der Waals surface area contributed by atoms with Crippen molar-refractivity contribution < 1.29 is 4.79 Å². The summed E-state index contributed by atoms with van der Waals surface area (Å²) >= 11 is 3.58. The molecule has 1 aromatic carbocycles. The standard InChI is InChI=1S/C15H19BrN2O/c1-4-17(5-2)15(19)13-10-11-8-7-9-12(16)14(11)18(13)6-3/h7-10H,4-6H2,1-3H3. The minimum Gasteiger partial charge on any atom is -0.338 e. The first-order valence-corrected chi connectivity index (χ1v) is 7.50. The Balaban J connectivity index is 2.61. The zero-order valence-corrected chi connectivity index (χ0v) is 13.2. The van der Waals surface area contributed by atoms with Gasteiger partial charge in [-0.05, 0) is 48.8 Å². The van der Waals surface area contributed by atoms with Crippen LogP contribution in [0.3, 0.4) is 0 Å². The normalized spacial score (nSPS) is 10.9. The van der Waals surface area contributed by atoms with Gasteiger partial charge in [0, 0.05) is 29.5 Å². The monoisotopic (exact) mass is 322 g/mol. The highest BCUT2D eigenvalue weighted by molar-refractivity contribution is 9.10. The van der Waals surface area contributed by atoms with Crippen molar-refractivity contribution in [2.24, 2.45) is 0 Å². The molecular weight excluding hydrogens is 304 g/mol. The van der Waals surface area contributed by atoms with Crippen molar-refractivity contribution in [1.29, 1.82) is 0 Å². The third-order valence-electron chi connectivity index (χ3n) is 3.46. The van der Waals surface area contributed by atoms with Crippen molar-refractivity contribution in [1.82, 2.24) is 9.47 Å². The van der Waals surface area contributed by atoms with E-state index in [2.05, 4.69) is 27.4 Å². The molecule has 19 heavy (non-hydrogen) atoms. The second-order valence-electron chi connectivity index (χ2n) is 4.43. The summed E-state index contributed by atoms with van der Waals surface area (Å²) < 4.78 is 3.12. The Kier molecular flexibility index (Phi) is 4.30. The lowest BCUT2D eigenvalue weighted by Crippen LogP contribution is -2.32. The van der Waals surface area contributed by atoms with Gasteiger partial charge in [0.1, 0.15) is 5.69 Å². The minimum atomic E-state index is 0.106. The molecule has 0 atom stereocenters. The summed E-state index contributed by atoms with van der Waals surface area (Å²) in [6.45, 7) is 8.35. The maximum Gasteiger partial charge on any atom is 0.270 e. The number of carbonyl (C=O) groups excluding carboxylic acids is 1. The Morgan fingerprint density at radius 3 is 2.53 bits per heavy atom. The van der Waals surface area contributed by atoms with E-state index in [0.29, 0.717) is 0 Å². The van der Waals surface area contributed by atoms with Gasteiger partial charge >= 0.3 is 0 Å². The van der Waals surface area contributed by atoms with E-state index in [1.807, 2.05) is 43.0 Å². The molecule has 0 bridgehead atoms. The second kappa shape index (κ2) is 5.78. The van der Waals surface area contributed by atoms with E-state index in [1.165, 1.54) is 0 Å². The molecule has 0 aliphatic rings. The average molecular weight is 323 g/mol. The predicted octanol–water partition coefficient (Wildman–Crippen LogP) is 3.91. The van der Waals surface area contributed by atoms with Crippen molar-refractivity contribution in [3.63, 3.8) is 0 Å². The van der Waals surface area contributed by atoms with Crippen molar-refractivity contribution in [2.75, 3.05) is 13.1 Å². The van der Waals surface area contributed by atoms with Crippen LogP contribution in [0.5, 0.6) is 0 Å². The molecule has 0 fully saturated rings. The number of hydrogen-bond donors (Lipinski definition) is 0. The fraction of sp³-hybridized carbons (Fsp3) is 0.400. The highest BCUT2D eigenvalue weighted by Crippen LogP contribution is 2.28. The highest BCUT2D eigenvalue weighted by Gasteiger charge is 2.19. The van der Waals surface area contributed by atoms with Crippen molar-refractivity contribution in [3.8, 4) is 0 Å². The van der Waals surface area contributed by atoms with Gasteiger partial charge in [0.15, 0.2) is 0 Å². The van der Waals surface area contributed by atoms with E-state index in [0.717, 1.165) is 40.7 Å². The van der Waals surface area contributed by atoms with Crippen LogP contribution in [0.4, 0.5) is 0 Å². The number of carbonyl (C=O) groups is 1. The van der Waals surface area contributed by atoms with Gasteiger partial charge in [-0.15, -0.1) is 0 Å². The van der Waals surface area contributed by atoms with Crippen molar-refractivity contribution in [3.05, 3.63) is 34.4 Å². The van der Waals surface area contributed by atoms with Crippen LogP contribution in [0.2, 0.25) is 0 Å². The summed E-state index contributed by atoms with van der Waals surface area (Å²) in [5.74, 6) is 0.106. The summed E-state index contributed by atoms with van der Waals surface area (Å²) in [5, 5.41) is 1.10. The van der Waals surface area contributed by atoms with Crippen LogP contribution in [-0.2, 0) is 6.54 Å². The minimum absolute atomic E-state index is 0.106. The summed E-state index contributed by atoms with van der Waals surface area (Å²) in [6, 6.07) is 8.05. The third-order valence-corrected chi connectivity index (χ3v) is 4.10. The number of hydrogen-bond acceptors (Lipinski definition) is 1. The number of halogens is 1. The number of amides is 1. The molecule has 2 aromatic rings. The van der Waals surface area contributed by atoms with Crippen molar-refractivity contribution >= 4 is 32.7 Å². The number of aryl methyl sites for hydroxylation is 1. The molecule has 0 unspecified atom stereocenters. The summed E-state index contributed by atoms with van der Waals surface area (Å²) in [7, 11) is 0. The van der Waals surface area contributed by atoms with Gasteiger partial charge in [-0.1, -0.05) is 12.1 Å². The Bertz CT molecular complexity index is 599. The van der Waals surface area contributed by atoms with Gasteiger partial charge in [0.2, 0.25) is 0 Å². The third kappa shape index (κ3) is 2.41. The molecule has 1 aromatic heterocycles. The maximum atomic E-state index is 12.6. The molecule has 102 valence electrons. The smallest absolute Gasteiger partial charge is 0.270 e. The SMILES string of the molecule is CCN(CC)C(=O)c1cc2cccc(Br)c2n1CC. The maximum absolute atomic E-state index is 12.6. The van der Waals surface area contributed by atoms with E-state index in [1.54, 1.807) is 0 Å². The van der Waals surface area contributed by atoms with E-state index >= 15 is 0 Å². The lowest BCUT2D eigenvalue weighted by atomic mass is 10.2. The Labute approximate surface area is 122 Å². The van der Waals surface area contributed by atoms with E-state index in [-0.39, 0.29) is 5.91 Å². The molecule has 1 heterocycles. The molecule has 0 N–H and O–H groups in total. The zero-order valence-electron chi connectivity index (χ0n) is 11.6. The van der Waals surface area contributed by atoms with Crippen LogP contribution in [0, 0.1) is 0 Å². The molecule has 0 saturated heterocycles. The van der Waals surface area contributed by atoms with Crippen LogP contribution in [0.1, 0.15) is 31.3 Å². The second-order valence-corrected chi connectivity index (χ2v) is 5.28. The first-order chi connectivity index (χ1) is 9.13. The predicted molar refractivity (Wildman–Crippen MR) is 82.6 cm³/mol. The molecule has 4 heteroatoms. The van der Waals surface area contributed by atoms with E-state index in [9.17, 15) is 4.79 Å². The topological polar surface area (TPSA) is 25.2 Å². The molecule has 2 rings (SSSR count). The van der Waals surface area contributed by atoms with Gasteiger partial charge in [-0.3, -0.25) is 4.79 Å². The highest BCUT2D eigenvalue weighted by atomic mass is 79.9. The molecule has 3 nitrogen and oxygen atoms in total. The lowest BCUT2D eigenvalue weighted by molar-refractivity contribution is 0.0763. The number of aromatic nitrogens is 1. The number of benzene rings is 1. The van der Waals surface area contributed by atoms with Crippen LogP contribution < -0.4 is 0 Å². The first-order valence-electron chi connectivity index (χ1n) is 6.71. The van der Waals surface area contributed by atoms with Gasteiger partial charge in [-0.25, -0.2) is 0 Å². The van der Waals surface area contributed by atoms with Gasteiger partial charge in [0.05, 0.1) is 5.52 Å². The molecule has 0 radical (unpaired) electrons. The van der Waals surface area contributed by atoms with E-state index in [4.69, 9.17) is 0 Å². The van der Waals surface area contributed by atoms with Gasteiger partial charge in [0.25, 0.3) is 5.91 Å². The Morgan fingerprint density at radius 2 is 1.95 bits per heavy atom. The number of rotatable bonds is 4. The summed E-state index contributed by atoms with van der Waals surface area (Å²) in [5.41, 5.74) is 1.87. The zero-order chi connectivity index (χ0) is 14.0. The Morgan fingerprint density at radius 1 is 1.26 bits per heavy atom. The quantitative estimate of drug-likeness (QED) is 0.837. The molecular formula is C15H19BrN2O. The lowest BCUT2D eigenvalue weighted by Gasteiger charge is -2.19. The average Bonchev–Trinajstić information content (AvgIpc) is 2.79. The van der Waals surface area contributed by atoms with Gasteiger partial charge < -0.3 is 9.47 Å². The molecule has 0 saturated carbocycles. The Hall–Kier alpha value is -1.29. The number of para-hydroxylation sites is 1. The fourth-order valence-corrected chi connectivity index (χ4v) is 3.05. The molecule has 0 aliphatic heterocycles. The summed E-state index contributed by atoms with van der Waals surface area (Å²) in [4.78, 5) is 14.4. The first kappa shape index (κ1) is 14.1. The molecule has 1 amide bonds. The van der Waals surface area contributed by atoms with Crippen molar-refractivity contribution in [2.45, 2.75) is 27.3 Å². The summed E-state index contributed by atoms with van der Waals surface area (Å²) in [6.07, 6.45) is 0. The fourth-order valence-electron chi connectivity index (χ4n) is 2.46. The van der Waals surface area contributed by atoms with Crippen LogP contribution in [0.25, 0.3) is 10.9 Å². The molecule has 0 aliphatic carbocycles. The van der Waals surface area contributed by atoms with E-state index < -0.39 is 0 Å². The largest absolute Gasteiger partial charge is 0.338 e. The van der Waals surface area contributed by atoms with Gasteiger partial charge in [-0.2, -0.15) is 0 Å².